The number of pyridine rings is 1. The summed E-state index contributed by atoms with van der Waals surface area (Å²) in [5, 5.41) is 12.6. The third kappa shape index (κ3) is 2.13. The zero-order chi connectivity index (χ0) is 14.4. The molecule has 110 valence electrons. The molecule has 1 unspecified atom stereocenters. The van der Waals surface area contributed by atoms with Crippen molar-refractivity contribution in [3.8, 4) is 22.5 Å². The van der Waals surface area contributed by atoms with Crippen molar-refractivity contribution in [3.63, 3.8) is 0 Å². The number of aromatic amines is 1. The van der Waals surface area contributed by atoms with Crippen molar-refractivity contribution in [2.24, 2.45) is 5.92 Å². The maximum absolute atomic E-state index is 12.5. The second-order valence-electron chi connectivity index (χ2n) is 5.84. The van der Waals surface area contributed by atoms with Gasteiger partial charge in [0, 0.05) is 24.3 Å². The quantitative estimate of drug-likeness (QED) is 0.682. The van der Waals surface area contributed by atoms with Gasteiger partial charge in [-0.1, -0.05) is 6.07 Å². The minimum atomic E-state index is -0.193. The topological polar surface area (TPSA) is 74.3 Å². The Balaban J connectivity index is 1.50. The number of hydrogen-bond acceptors (Lipinski definition) is 3. The molecule has 21 heavy (non-hydrogen) atoms. The predicted octanol–water partition coefficient (Wildman–Crippen LogP) is 1.62. The van der Waals surface area contributed by atoms with Crippen molar-refractivity contribution < 1.29 is 14.6 Å². The second-order valence-corrected chi connectivity index (χ2v) is 5.84. The molecule has 2 aliphatic heterocycles. The van der Waals surface area contributed by atoms with E-state index in [1.165, 1.54) is 0 Å². The van der Waals surface area contributed by atoms with Gasteiger partial charge in [0.15, 0.2) is 0 Å². The highest BCUT2D eigenvalue weighted by Crippen LogP contribution is 2.45. The minimum Gasteiger partial charge on any atom is -0.394 e. The number of rotatable bonds is 4. The number of aromatic nitrogens is 1. The molecule has 1 atom stereocenters. The van der Waals surface area contributed by atoms with Gasteiger partial charge < -0.3 is 20.1 Å². The highest BCUT2D eigenvalue weighted by atomic mass is 16.5. The Labute approximate surface area is 122 Å². The molecule has 0 bridgehead atoms. The molecule has 0 radical (unpaired) electrons. The Bertz CT molecular complexity index is 658. The second kappa shape index (κ2) is 4.86. The molecule has 1 fully saturated rings. The minimum absolute atomic E-state index is 0.0284. The van der Waals surface area contributed by atoms with Gasteiger partial charge in [0.1, 0.15) is 0 Å². The van der Waals surface area contributed by atoms with E-state index in [4.69, 9.17) is 4.74 Å². The lowest BCUT2D eigenvalue weighted by Gasteiger charge is -2.29. The largest absolute Gasteiger partial charge is 0.394 e. The Morgan fingerprint density at radius 1 is 1.38 bits per heavy atom. The lowest BCUT2D eigenvalue weighted by atomic mass is 9.92. The van der Waals surface area contributed by atoms with Gasteiger partial charge >= 0.3 is 0 Å². The summed E-state index contributed by atoms with van der Waals surface area (Å²) in [5.74, 6) is 0.194. The van der Waals surface area contributed by atoms with Gasteiger partial charge in [-0.15, -0.1) is 0 Å². The number of aliphatic hydroxyl groups excluding tert-OH is 1. The fourth-order valence-electron chi connectivity index (χ4n) is 3.31. The summed E-state index contributed by atoms with van der Waals surface area (Å²) in [7, 11) is 0. The average molecular weight is 286 g/mol. The molecule has 4 rings (SSSR count). The molecule has 2 heterocycles. The van der Waals surface area contributed by atoms with E-state index in [9.17, 15) is 9.90 Å². The van der Waals surface area contributed by atoms with Crippen molar-refractivity contribution in [1.29, 1.82) is 0 Å². The summed E-state index contributed by atoms with van der Waals surface area (Å²) in [6, 6.07) is 5.66. The van der Waals surface area contributed by atoms with E-state index in [2.05, 4.69) is 10.3 Å². The Morgan fingerprint density at radius 2 is 2.19 bits per heavy atom. The van der Waals surface area contributed by atoms with E-state index < -0.39 is 0 Å². The Hall–Kier alpha value is -1.85. The first-order chi connectivity index (χ1) is 10.3. The number of carbonyl (C=O) groups excluding carboxylic acids is 1. The van der Waals surface area contributed by atoms with Gasteiger partial charge in [0.05, 0.1) is 24.0 Å². The van der Waals surface area contributed by atoms with Crippen LogP contribution in [0.3, 0.4) is 0 Å². The SMILES string of the molecule is O=C(NC(CO)C1CCOCC1)c1ccc2c3[nH]c-3cc1-2. The van der Waals surface area contributed by atoms with Crippen LogP contribution in [0.25, 0.3) is 22.5 Å². The molecule has 0 aromatic carbocycles. The first-order valence-corrected chi connectivity index (χ1v) is 7.43. The number of amides is 1. The van der Waals surface area contributed by atoms with Crippen molar-refractivity contribution in [1.82, 2.24) is 10.3 Å². The fourth-order valence-corrected chi connectivity index (χ4v) is 3.31. The molecule has 4 aliphatic rings. The van der Waals surface area contributed by atoms with E-state index in [1.807, 2.05) is 18.2 Å². The fraction of sp³-hybridized carbons (Fsp3) is 0.438. The van der Waals surface area contributed by atoms with Crippen LogP contribution in [-0.2, 0) is 4.74 Å². The summed E-state index contributed by atoms with van der Waals surface area (Å²) in [4.78, 5) is 15.7. The normalized spacial score (nSPS) is 18.7. The summed E-state index contributed by atoms with van der Waals surface area (Å²) in [6.07, 6.45) is 1.77. The number of nitrogens with one attached hydrogen (secondary N) is 2. The van der Waals surface area contributed by atoms with Crippen LogP contribution in [0.5, 0.6) is 0 Å². The van der Waals surface area contributed by atoms with Crippen LogP contribution in [0.2, 0.25) is 0 Å². The highest BCUT2D eigenvalue weighted by Gasteiger charge is 2.30. The van der Waals surface area contributed by atoms with Gasteiger partial charge in [-0.05, 0) is 36.5 Å². The summed E-state index contributed by atoms with van der Waals surface area (Å²) < 4.78 is 5.34. The number of fused-ring (bicyclic) bond motifs is 3. The number of hydrogen-bond donors (Lipinski definition) is 3. The van der Waals surface area contributed by atoms with Gasteiger partial charge in [-0.25, -0.2) is 0 Å². The average Bonchev–Trinajstić information content (AvgIpc) is 3.00. The summed E-state index contributed by atoms with van der Waals surface area (Å²) in [5.41, 5.74) is 5.08. The van der Waals surface area contributed by atoms with E-state index in [0.717, 1.165) is 35.4 Å². The van der Waals surface area contributed by atoms with E-state index in [1.54, 1.807) is 0 Å². The number of ether oxygens (including phenoxy) is 1. The number of H-pyrrole nitrogens is 1. The third-order valence-electron chi connectivity index (χ3n) is 4.61. The Kier molecular flexibility index (Phi) is 2.97. The zero-order valence-electron chi connectivity index (χ0n) is 11.7. The van der Waals surface area contributed by atoms with Crippen LogP contribution in [0.1, 0.15) is 23.2 Å². The zero-order valence-corrected chi connectivity index (χ0v) is 11.7. The van der Waals surface area contributed by atoms with Crippen LogP contribution < -0.4 is 5.32 Å². The van der Waals surface area contributed by atoms with Crippen molar-refractivity contribution in [3.05, 3.63) is 23.8 Å². The molecule has 2 aliphatic carbocycles. The van der Waals surface area contributed by atoms with Gasteiger partial charge in [0.2, 0.25) is 0 Å². The highest BCUT2D eigenvalue weighted by molar-refractivity contribution is 6.07. The third-order valence-corrected chi connectivity index (χ3v) is 4.61. The van der Waals surface area contributed by atoms with Gasteiger partial charge in [-0.3, -0.25) is 4.79 Å². The smallest absolute Gasteiger partial charge is 0.252 e. The molecule has 3 N–H and O–H groups in total. The van der Waals surface area contributed by atoms with Crippen molar-refractivity contribution >= 4 is 5.91 Å². The van der Waals surface area contributed by atoms with E-state index >= 15 is 0 Å². The molecular formula is C16H18N2O3. The number of carbonyl (C=O) groups is 1. The molecule has 0 aromatic heterocycles. The van der Waals surface area contributed by atoms with Gasteiger partial charge in [0.25, 0.3) is 5.91 Å². The van der Waals surface area contributed by atoms with Crippen LogP contribution in [-0.4, -0.2) is 41.9 Å². The van der Waals surface area contributed by atoms with Crippen molar-refractivity contribution in [2.75, 3.05) is 19.8 Å². The molecule has 1 saturated heterocycles. The van der Waals surface area contributed by atoms with Crippen molar-refractivity contribution in [2.45, 2.75) is 18.9 Å². The molecule has 5 nitrogen and oxygen atoms in total. The lowest BCUT2D eigenvalue weighted by Crippen LogP contribution is -2.44. The van der Waals surface area contributed by atoms with E-state index in [0.29, 0.717) is 24.7 Å². The first-order valence-electron chi connectivity index (χ1n) is 7.43. The predicted molar refractivity (Wildman–Crippen MR) is 78.3 cm³/mol. The molecule has 0 aromatic rings. The maximum atomic E-state index is 12.5. The molecule has 0 saturated carbocycles. The Morgan fingerprint density at radius 3 is 2.95 bits per heavy atom. The summed E-state index contributed by atoms with van der Waals surface area (Å²) >= 11 is 0. The standard InChI is InChI=1S/C16H18N2O3/c19-8-14(9-3-5-21-6-4-9)18-16(20)11-2-1-10-12(11)7-13-15(10)17-13/h1-2,7,9,14,17,19H,3-6,8H2,(H,18,20). The summed E-state index contributed by atoms with van der Waals surface area (Å²) in [6.45, 7) is 1.39. The van der Waals surface area contributed by atoms with Crippen LogP contribution in [0.15, 0.2) is 18.2 Å². The first kappa shape index (κ1) is 12.9. The molecule has 5 heteroatoms. The van der Waals surface area contributed by atoms with E-state index in [-0.39, 0.29) is 18.6 Å². The lowest BCUT2D eigenvalue weighted by molar-refractivity contribution is 0.0420. The molecular weight excluding hydrogens is 268 g/mol. The maximum Gasteiger partial charge on any atom is 0.252 e. The molecule has 1 amide bonds. The van der Waals surface area contributed by atoms with Crippen LogP contribution in [0.4, 0.5) is 0 Å². The monoisotopic (exact) mass is 286 g/mol. The van der Waals surface area contributed by atoms with Crippen LogP contribution >= 0.6 is 0 Å². The van der Waals surface area contributed by atoms with Gasteiger partial charge in [-0.2, -0.15) is 0 Å². The number of aliphatic hydroxyl groups is 1. The molecule has 0 spiro atoms. The van der Waals surface area contributed by atoms with Crippen LogP contribution in [0, 0.1) is 5.92 Å².